The number of amides is 2. The lowest BCUT2D eigenvalue weighted by molar-refractivity contribution is 0.138. The van der Waals surface area contributed by atoms with Crippen molar-refractivity contribution in [1.82, 2.24) is 4.90 Å². The highest BCUT2D eigenvalue weighted by molar-refractivity contribution is 6.42. The fourth-order valence-corrected chi connectivity index (χ4v) is 1.94. The predicted octanol–water partition coefficient (Wildman–Crippen LogP) is 3.62. The van der Waals surface area contributed by atoms with E-state index in [-0.39, 0.29) is 6.03 Å². The van der Waals surface area contributed by atoms with Crippen LogP contribution in [0.5, 0.6) is 0 Å². The first-order valence-corrected chi connectivity index (χ1v) is 6.88. The number of anilines is 1. The van der Waals surface area contributed by atoms with Gasteiger partial charge in [0.25, 0.3) is 0 Å². The Balaban J connectivity index is 2.72. The summed E-state index contributed by atoms with van der Waals surface area (Å²) in [5.41, 5.74) is 0.575. The largest absolute Gasteiger partial charge is 0.392 e. The van der Waals surface area contributed by atoms with Gasteiger partial charge in [-0.2, -0.15) is 0 Å². The predicted molar refractivity (Wildman–Crippen MR) is 79.0 cm³/mol. The Labute approximate surface area is 123 Å². The third kappa shape index (κ3) is 5.27. The van der Waals surface area contributed by atoms with Crippen molar-refractivity contribution in [2.75, 3.05) is 18.4 Å². The minimum atomic E-state index is -0.564. The molecule has 0 aliphatic rings. The Bertz CT molecular complexity index is 439. The van der Waals surface area contributed by atoms with Crippen LogP contribution in [-0.2, 0) is 0 Å². The van der Waals surface area contributed by atoms with Crippen LogP contribution in [0.15, 0.2) is 18.2 Å². The zero-order chi connectivity index (χ0) is 14.4. The maximum atomic E-state index is 12.1. The van der Waals surface area contributed by atoms with Gasteiger partial charge in [-0.3, -0.25) is 0 Å². The van der Waals surface area contributed by atoms with E-state index in [0.717, 1.165) is 6.42 Å². The molecule has 2 N–H and O–H groups in total. The monoisotopic (exact) mass is 304 g/mol. The SMILES string of the molecule is CCCN(C[C@H](C)O)C(=O)Nc1ccc(Cl)c(Cl)c1. The molecule has 0 aliphatic carbocycles. The van der Waals surface area contributed by atoms with E-state index in [1.165, 1.54) is 0 Å². The molecule has 1 rings (SSSR count). The number of benzene rings is 1. The van der Waals surface area contributed by atoms with Crippen LogP contribution < -0.4 is 5.32 Å². The van der Waals surface area contributed by atoms with Crippen LogP contribution in [0.4, 0.5) is 10.5 Å². The van der Waals surface area contributed by atoms with Gasteiger partial charge >= 0.3 is 6.03 Å². The van der Waals surface area contributed by atoms with Gasteiger partial charge in [-0.1, -0.05) is 30.1 Å². The van der Waals surface area contributed by atoms with Crippen LogP contribution in [0, 0.1) is 0 Å². The Kier molecular flexibility index (Phi) is 6.42. The second-order valence-electron chi connectivity index (χ2n) is 4.35. The molecule has 1 atom stereocenters. The van der Waals surface area contributed by atoms with E-state index in [9.17, 15) is 9.90 Å². The summed E-state index contributed by atoms with van der Waals surface area (Å²) in [6, 6.07) is 4.63. The van der Waals surface area contributed by atoms with E-state index < -0.39 is 6.10 Å². The number of hydrogen-bond donors (Lipinski definition) is 2. The summed E-state index contributed by atoms with van der Waals surface area (Å²) < 4.78 is 0. The van der Waals surface area contributed by atoms with Gasteiger partial charge in [0.2, 0.25) is 0 Å². The first-order valence-electron chi connectivity index (χ1n) is 6.13. The smallest absolute Gasteiger partial charge is 0.321 e. The van der Waals surface area contributed by atoms with Gasteiger partial charge in [0, 0.05) is 18.8 Å². The molecule has 0 aromatic heterocycles. The molecule has 1 aromatic carbocycles. The van der Waals surface area contributed by atoms with E-state index in [4.69, 9.17) is 23.2 Å². The second kappa shape index (κ2) is 7.58. The molecular weight excluding hydrogens is 287 g/mol. The van der Waals surface area contributed by atoms with Crippen molar-refractivity contribution in [3.63, 3.8) is 0 Å². The maximum Gasteiger partial charge on any atom is 0.321 e. The maximum absolute atomic E-state index is 12.1. The van der Waals surface area contributed by atoms with Crippen molar-refractivity contribution in [3.05, 3.63) is 28.2 Å². The zero-order valence-electron chi connectivity index (χ0n) is 11.0. The fraction of sp³-hybridized carbons (Fsp3) is 0.462. The molecular formula is C13H18Cl2N2O2. The van der Waals surface area contributed by atoms with Crippen molar-refractivity contribution >= 4 is 34.9 Å². The Morgan fingerprint density at radius 3 is 2.63 bits per heavy atom. The Morgan fingerprint density at radius 2 is 2.11 bits per heavy atom. The summed E-state index contributed by atoms with van der Waals surface area (Å²) in [5, 5.41) is 12.9. The van der Waals surface area contributed by atoms with E-state index in [1.54, 1.807) is 30.0 Å². The van der Waals surface area contributed by atoms with Gasteiger partial charge in [0.05, 0.1) is 16.1 Å². The number of urea groups is 1. The molecule has 4 nitrogen and oxygen atoms in total. The third-order valence-electron chi connectivity index (χ3n) is 2.44. The van der Waals surface area contributed by atoms with Crippen LogP contribution in [0.3, 0.4) is 0 Å². The van der Waals surface area contributed by atoms with E-state index >= 15 is 0 Å². The first-order chi connectivity index (χ1) is 8.93. The van der Waals surface area contributed by atoms with E-state index in [2.05, 4.69) is 5.32 Å². The van der Waals surface area contributed by atoms with Crippen molar-refractivity contribution < 1.29 is 9.90 Å². The van der Waals surface area contributed by atoms with Crippen molar-refractivity contribution in [3.8, 4) is 0 Å². The van der Waals surface area contributed by atoms with Crippen molar-refractivity contribution in [1.29, 1.82) is 0 Å². The molecule has 0 saturated heterocycles. The number of halogens is 2. The molecule has 0 radical (unpaired) electrons. The minimum Gasteiger partial charge on any atom is -0.392 e. The Hall–Kier alpha value is -0.970. The number of carbonyl (C=O) groups is 1. The molecule has 6 heteroatoms. The third-order valence-corrected chi connectivity index (χ3v) is 3.18. The number of carbonyl (C=O) groups excluding carboxylic acids is 1. The van der Waals surface area contributed by atoms with Crippen LogP contribution in [-0.4, -0.2) is 35.2 Å². The molecule has 0 aliphatic heterocycles. The lowest BCUT2D eigenvalue weighted by atomic mass is 10.3. The molecule has 0 saturated carbocycles. The standard InChI is InChI=1S/C13H18Cl2N2O2/c1-3-6-17(8-9(2)18)13(19)16-10-4-5-11(14)12(15)7-10/h4-5,7,9,18H,3,6,8H2,1-2H3,(H,16,19)/t9-/m0/s1. The van der Waals surface area contributed by atoms with Gasteiger partial charge in [0.1, 0.15) is 0 Å². The molecule has 1 aromatic rings. The zero-order valence-corrected chi connectivity index (χ0v) is 12.5. The summed E-state index contributed by atoms with van der Waals surface area (Å²) in [6.45, 7) is 4.50. The van der Waals surface area contributed by atoms with Crippen LogP contribution in [0.1, 0.15) is 20.3 Å². The average molecular weight is 305 g/mol. The topological polar surface area (TPSA) is 52.6 Å². The van der Waals surface area contributed by atoms with Crippen LogP contribution in [0.2, 0.25) is 10.0 Å². The van der Waals surface area contributed by atoms with E-state index in [0.29, 0.717) is 28.8 Å². The summed E-state index contributed by atoms with van der Waals surface area (Å²) >= 11 is 11.7. The molecule has 0 bridgehead atoms. The molecule has 19 heavy (non-hydrogen) atoms. The van der Waals surface area contributed by atoms with Gasteiger partial charge in [-0.25, -0.2) is 4.79 Å². The van der Waals surface area contributed by atoms with Gasteiger partial charge in [-0.05, 0) is 31.5 Å². The van der Waals surface area contributed by atoms with Gasteiger partial charge in [-0.15, -0.1) is 0 Å². The number of nitrogens with zero attached hydrogens (tertiary/aromatic N) is 1. The second-order valence-corrected chi connectivity index (χ2v) is 5.17. The quantitative estimate of drug-likeness (QED) is 0.873. The first kappa shape index (κ1) is 16.1. The lowest BCUT2D eigenvalue weighted by Crippen LogP contribution is -2.39. The molecule has 2 amide bonds. The fourth-order valence-electron chi connectivity index (χ4n) is 1.64. The average Bonchev–Trinajstić information content (AvgIpc) is 2.33. The highest BCUT2D eigenvalue weighted by Gasteiger charge is 2.15. The molecule has 0 fully saturated rings. The van der Waals surface area contributed by atoms with Crippen LogP contribution in [0.25, 0.3) is 0 Å². The highest BCUT2D eigenvalue weighted by Crippen LogP contribution is 2.25. The van der Waals surface area contributed by atoms with Gasteiger partial charge in [0.15, 0.2) is 0 Å². The molecule has 0 heterocycles. The number of aliphatic hydroxyl groups is 1. The van der Waals surface area contributed by atoms with Crippen LogP contribution >= 0.6 is 23.2 Å². The molecule has 106 valence electrons. The number of hydrogen-bond acceptors (Lipinski definition) is 2. The minimum absolute atomic E-state index is 0.263. The summed E-state index contributed by atoms with van der Waals surface area (Å²) in [7, 11) is 0. The van der Waals surface area contributed by atoms with Crippen molar-refractivity contribution in [2.24, 2.45) is 0 Å². The van der Waals surface area contributed by atoms with Gasteiger partial charge < -0.3 is 15.3 Å². The number of nitrogens with one attached hydrogen (secondary N) is 1. The summed E-state index contributed by atoms with van der Waals surface area (Å²) in [4.78, 5) is 13.6. The number of aliphatic hydroxyl groups excluding tert-OH is 1. The molecule has 0 unspecified atom stereocenters. The summed E-state index contributed by atoms with van der Waals surface area (Å²) in [5.74, 6) is 0. The Morgan fingerprint density at radius 1 is 1.42 bits per heavy atom. The summed E-state index contributed by atoms with van der Waals surface area (Å²) in [6.07, 6.45) is 0.257. The molecule has 0 spiro atoms. The lowest BCUT2D eigenvalue weighted by Gasteiger charge is -2.24. The normalized spacial score (nSPS) is 12.1. The van der Waals surface area contributed by atoms with Crippen molar-refractivity contribution in [2.45, 2.75) is 26.4 Å². The number of rotatable bonds is 5. The highest BCUT2D eigenvalue weighted by atomic mass is 35.5. The van der Waals surface area contributed by atoms with E-state index in [1.807, 2.05) is 6.92 Å².